The van der Waals surface area contributed by atoms with Gasteiger partial charge < -0.3 is 15.6 Å². The summed E-state index contributed by atoms with van der Waals surface area (Å²) in [6, 6.07) is 6.25. The molecule has 2 heterocycles. The van der Waals surface area contributed by atoms with Crippen molar-refractivity contribution in [3.05, 3.63) is 29.5 Å². The van der Waals surface area contributed by atoms with E-state index in [1.54, 1.807) is 0 Å². The molecular weight excluding hydrogens is 198 g/mol. The molecule has 3 heteroatoms. The van der Waals surface area contributed by atoms with Crippen molar-refractivity contribution in [2.45, 2.75) is 26.4 Å². The van der Waals surface area contributed by atoms with E-state index in [0.717, 1.165) is 31.7 Å². The van der Waals surface area contributed by atoms with Gasteiger partial charge in [-0.2, -0.15) is 0 Å². The molecular formula is C13H17N3. The smallest absolute Gasteiger partial charge is 0.0506 e. The third-order valence-electron chi connectivity index (χ3n) is 3.47. The summed E-state index contributed by atoms with van der Waals surface area (Å²) < 4.78 is 2.40. The average Bonchev–Trinajstić information content (AvgIpc) is 2.61. The predicted molar refractivity (Wildman–Crippen MR) is 67.4 cm³/mol. The van der Waals surface area contributed by atoms with E-state index >= 15 is 0 Å². The van der Waals surface area contributed by atoms with Gasteiger partial charge in [-0.25, -0.2) is 0 Å². The Morgan fingerprint density at radius 1 is 1.44 bits per heavy atom. The molecule has 2 aromatic rings. The van der Waals surface area contributed by atoms with E-state index in [2.05, 4.69) is 28.9 Å². The number of benzene rings is 1. The molecule has 3 rings (SSSR count). The SMILES string of the molecule is CCn1c2c(c3ccc(N)cc31)CNCC2. The fourth-order valence-corrected chi connectivity index (χ4v) is 2.76. The number of aryl methyl sites for hydroxylation is 1. The number of rotatable bonds is 1. The van der Waals surface area contributed by atoms with Crippen LogP contribution in [0, 0.1) is 0 Å². The van der Waals surface area contributed by atoms with Gasteiger partial charge in [0.2, 0.25) is 0 Å². The van der Waals surface area contributed by atoms with Crippen molar-refractivity contribution in [3.63, 3.8) is 0 Å². The largest absolute Gasteiger partial charge is 0.399 e. The molecule has 84 valence electrons. The van der Waals surface area contributed by atoms with Gasteiger partial charge in [0.15, 0.2) is 0 Å². The van der Waals surface area contributed by atoms with Crippen molar-refractivity contribution in [2.24, 2.45) is 0 Å². The number of anilines is 1. The lowest BCUT2D eigenvalue weighted by atomic mass is 10.1. The first-order valence-corrected chi connectivity index (χ1v) is 5.91. The topological polar surface area (TPSA) is 43.0 Å². The number of nitrogens with one attached hydrogen (secondary N) is 1. The monoisotopic (exact) mass is 215 g/mol. The molecule has 0 saturated heterocycles. The second-order valence-electron chi connectivity index (χ2n) is 4.37. The Hall–Kier alpha value is -1.48. The summed E-state index contributed by atoms with van der Waals surface area (Å²) in [5.41, 5.74) is 11.0. The summed E-state index contributed by atoms with van der Waals surface area (Å²) >= 11 is 0. The van der Waals surface area contributed by atoms with Crippen LogP contribution in [0.4, 0.5) is 5.69 Å². The van der Waals surface area contributed by atoms with Gasteiger partial charge in [0, 0.05) is 42.8 Å². The van der Waals surface area contributed by atoms with E-state index in [1.165, 1.54) is 22.2 Å². The number of hydrogen-bond acceptors (Lipinski definition) is 2. The molecule has 0 saturated carbocycles. The Bertz CT molecular complexity index is 540. The van der Waals surface area contributed by atoms with Crippen LogP contribution in [0.3, 0.4) is 0 Å². The van der Waals surface area contributed by atoms with Crippen LogP contribution >= 0.6 is 0 Å². The van der Waals surface area contributed by atoms with E-state index in [-0.39, 0.29) is 0 Å². The molecule has 0 amide bonds. The maximum Gasteiger partial charge on any atom is 0.0506 e. The fourth-order valence-electron chi connectivity index (χ4n) is 2.76. The molecule has 0 unspecified atom stereocenters. The van der Waals surface area contributed by atoms with Crippen LogP contribution in [-0.2, 0) is 19.5 Å². The Morgan fingerprint density at radius 2 is 2.31 bits per heavy atom. The van der Waals surface area contributed by atoms with Crippen LogP contribution in [0.5, 0.6) is 0 Å². The molecule has 0 fully saturated rings. The van der Waals surface area contributed by atoms with Crippen LogP contribution < -0.4 is 11.1 Å². The lowest BCUT2D eigenvalue weighted by Crippen LogP contribution is -2.24. The van der Waals surface area contributed by atoms with Gasteiger partial charge in [-0.15, -0.1) is 0 Å². The quantitative estimate of drug-likeness (QED) is 0.713. The summed E-state index contributed by atoms with van der Waals surface area (Å²) in [6.07, 6.45) is 1.12. The second-order valence-corrected chi connectivity index (χ2v) is 4.37. The number of nitrogens with two attached hydrogens (primary N) is 1. The fraction of sp³-hybridized carbons (Fsp3) is 0.385. The molecule has 0 bridgehead atoms. The van der Waals surface area contributed by atoms with E-state index in [9.17, 15) is 0 Å². The summed E-state index contributed by atoms with van der Waals surface area (Å²) in [5.74, 6) is 0. The molecule has 0 radical (unpaired) electrons. The molecule has 0 aliphatic carbocycles. The maximum atomic E-state index is 5.88. The first-order chi connectivity index (χ1) is 7.81. The Balaban J connectivity index is 2.37. The highest BCUT2D eigenvalue weighted by molar-refractivity contribution is 5.88. The van der Waals surface area contributed by atoms with Gasteiger partial charge in [-0.05, 0) is 24.6 Å². The molecule has 0 spiro atoms. The zero-order valence-corrected chi connectivity index (χ0v) is 9.59. The van der Waals surface area contributed by atoms with Gasteiger partial charge in [0.1, 0.15) is 0 Å². The molecule has 1 aromatic heterocycles. The Morgan fingerprint density at radius 3 is 3.12 bits per heavy atom. The number of nitrogen functional groups attached to an aromatic ring is 1. The zero-order chi connectivity index (χ0) is 11.1. The van der Waals surface area contributed by atoms with Crippen molar-refractivity contribution in [2.75, 3.05) is 12.3 Å². The average molecular weight is 215 g/mol. The summed E-state index contributed by atoms with van der Waals surface area (Å²) in [6.45, 7) is 5.29. The minimum Gasteiger partial charge on any atom is -0.399 e. The van der Waals surface area contributed by atoms with E-state index in [1.807, 2.05) is 6.07 Å². The maximum absolute atomic E-state index is 5.88. The molecule has 16 heavy (non-hydrogen) atoms. The van der Waals surface area contributed by atoms with Crippen LogP contribution in [0.15, 0.2) is 18.2 Å². The summed E-state index contributed by atoms with van der Waals surface area (Å²) in [5, 5.41) is 4.80. The third kappa shape index (κ3) is 1.25. The van der Waals surface area contributed by atoms with Gasteiger partial charge in [0.25, 0.3) is 0 Å². The zero-order valence-electron chi connectivity index (χ0n) is 9.59. The van der Waals surface area contributed by atoms with Crippen molar-refractivity contribution in [1.29, 1.82) is 0 Å². The van der Waals surface area contributed by atoms with E-state index < -0.39 is 0 Å². The van der Waals surface area contributed by atoms with Gasteiger partial charge in [0.05, 0.1) is 5.52 Å². The summed E-state index contributed by atoms with van der Waals surface area (Å²) in [4.78, 5) is 0. The highest BCUT2D eigenvalue weighted by Gasteiger charge is 2.18. The van der Waals surface area contributed by atoms with Crippen LogP contribution in [0.2, 0.25) is 0 Å². The number of hydrogen-bond donors (Lipinski definition) is 2. The van der Waals surface area contributed by atoms with E-state index in [4.69, 9.17) is 5.73 Å². The van der Waals surface area contributed by atoms with Gasteiger partial charge in [-0.1, -0.05) is 6.07 Å². The highest BCUT2D eigenvalue weighted by atomic mass is 15.0. The van der Waals surface area contributed by atoms with Crippen molar-refractivity contribution >= 4 is 16.6 Å². The van der Waals surface area contributed by atoms with Crippen molar-refractivity contribution < 1.29 is 0 Å². The van der Waals surface area contributed by atoms with Crippen molar-refractivity contribution in [3.8, 4) is 0 Å². The minimum atomic E-state index is 0.852. The van der Waals surface area contributed by atoms with Crippen LogP contribution in [0.1, 0.15) is 18.2 Å². The normalized spacial score (nSPS) is 15.3. The number of fused-ring (bicyclic) bond motifs is 3. The van der Waals surface area contributed by atoms with Crippen molar-refractivity contribution in [1.82, 2.24) is 9.88 Å². The lowest BCUT2D eigenvalue weighted by Gasteiger charge is -2.15. The predicted octanol–water partition coefficient (Wildman–Crippen LogP) is 1.89. The minimum absolute atomic E-state index is 0.852. The Kier molecular flexibility index (Phi) is 2.14. The first-order valence-electron chi connectivity index (χ1n) is 5.91. The molecule has 1 aliphatic rings. The second kappa shape index (κ2) is 3.52. The number of nitrogens with zero attached hydrogens (tertiary/aromatic N) is 1. The Labute approximate surface area is 95.2 Å². The first kappa shape index (κ1) is 9.73. The molecule has 3 N–H and O–H groups in total. The van der Waals surface area contributed by atoms with Gasteiger partial charge in [-0.3, -0.25) is 0 Å². The third-order valence-corrected chi connectivity index (χ3v) is 3.47. The lowest BCUT2D eigenvalue weighted by molar-refractivity contribution is 0.606. The molecule has 1 aromatic carbocycles. The highest BCUT2D eigenvalue weighted by Crippen LogP contribution is 2.29. The summed E-state index contributed by atoms with van der Waals surface area (Å²) in [7, 11) is 0. The van der Waals surface area contributed by atoms with Gasteiger partial charge >= 0.3 is 0 Å². The molecule has 3 nitrogen and oxygen atoms in total. The standard InChI is InChI=1S/C13H17N3/c1-2-16-12-5-6-15-8-11(12)10-4-3-9(14)7-13(10)16/h3-4,7,15H,2,5-6,8,14H2,1H3. The molecule has 1 aliphatic heterocycles. The number of aromatic nitrogens is 1. The van der Waals surface area contributed by atoms with Crippen LogP contribution in [-0.4, -0.2) is 11.1 Å². The molecule has 0 atom stereocenters. The van der Waals surface area contributed by atoms with E-state index in [0.29, 0.717) is 0 Å². The van der Waals surface area contributed by atoms with Crippen LogP contribution in [0.25, 0.3) is 10.9 Å².